The van der Waals surface area contributed by atoms with Crippen molar-refractivity contribution in [3.8, 4) is 0 Å². The van der Waals surface area contributed by atoms with E-state index in [-0.39, 0.29) is 47.4 Å². The first-order valence-electron chi connectivity index (χ1n) is 5.58. The van der Waals surface area contributed by atoms with Gasteiger partial charge in [-0.05, 0) is 29.7 Å². The van der Waals surface area contributed by atoms with E-state index in [1.165, 1.54) is 6.07 Å². The van der Waals surface area contributed by atoms with Gasteiger partial charge in [0.15, 0.2) is 0 Å². The fourth-order valence-corrected chi connectivity index (χ4v) is 2.92. The molecule has 2 aromatic rings. The summed E-state index contributed by atoms with van der Waals surface area (Å²) >= 11 is 0. The van der Waals surface area contributed by atoms with E-state index in [0.29, 0.717) is 0 Å². The van der Waals surface area contributed by atoms with E-state index >= 15 is 0 Å². The molecular formula is C11H11N2NaO7S2. The number of hydrogen-bond donors (Lipinski definition) is 4. The summed E-state index contributed by atoms with van der Waals surface area (Å²) in [4.78, 5) is 9.92. The SMILES string of the molecule is NC(=O)Nc1cc(S(=O)(=O)O)cc2cc(S(=O)(=O)O)ccc12.[H-].[Na+]. The number of carbonyl (C=O) groups is 1. The third kappa shape index (κ3) is 4.64. The van der Waals surface area contributed by atoms with Crippen molar-refractivity contribution in [3.05, 3.63) is 30.3 Å². The molecule has 0 aliphatic carbocycles. The third-order valence-corrected chi connectivity index (χ3v) is 4.43. The molecule has 0 bridgehead atoms. The zero-order valence-electron chi connectivity index (χ0n) is 12.7. The Morgan fingerprint density at radius 3 is 2.00 bits per heavy atom. The minimum absolute atomic E-state index is 0. The monoisotopic (exact) mass is 370 g/mol. The molecule has 9 nitrogen and oxygen atoms in total. The summed E-state index contributed by atoms with van der Waals surface area (Å²) < 4.78 is 62.8. The fourth-order valence-electron chi connectivity index (χ4n) is 1.87. The van der Waals surface area contributed by atoms with Crippen molar-refractivity contribution >= 4 is 42.7 Å². The van der Waals surface area contributed by atoms with E-state index in [4.69, 9.17) is 14.8 Å². The maximum absolute atomic E-state index is 11.2. The van der Waals surface area contributed by atoms with Crippen LogP contribution in [0.1, 0.15) is 1.43 Å². The molecule has 120 valence electrons. The third-order valence-electron chi connectivity index (χ3n) is 2.75. The second kappa shape index (κ2) is 6.73. The molecule has 0 unspecified atom stereocenters. The molecule has 5 N–H and O–H groups in total. The van der Waals surface area contributed by atoms with Gasteiger partial charge in [-0.25, -0.2) is 4.79 Å². The summed E-state index contributed by atoms with van der Waals surface area (Å²) in [7, 11) is -9.11. The average molecular weight is 370 g/mol. The summed E-state index contributed by atoms with van der Waals surface area (Å²) in [5.74, 6) is 0. The molecule has 0 radical (unpaired) electrons. The van der Waals surface area contributed by atoms with E-state index in [2.05, 4.69) is 5.32 Å². The average Bonchev–Trinajstić information content (AvgIpc) is 2.35. The van der Waals surface area contributed by atoms with Crippen LogP contribution in [-0.4, -0.2) is 32.0 Å². The quantitative estimate of drug-likeness (QED) is 0.356. The maximum Gasteiger partial charge on any atom is 1.00 e. The number of carbonyl (C=O) groups excluding carboxylic acids is 1. The number of urea groups is 1. The molecule has 0 aliphatic heterocycles. The van der Waals surface area contributed by atoms with Crippen LogP contribution in [0.3, 0.4) is 0 Å². The number of amides is 2. The van der Waals surface area contributed by atoms with Crippen LogP contribution in [0, 0.1) is 0 Å². The molecule has 0 atom stereocenters. The second-order valence-electron chi connectivity index (χ2n) is 4.29. The number of hydrogen-bond acceptors (Lipinski definition) is 5. The predicted octanol–water partition coefficient (Wildman–Crippen LogP) is -2.06. The molecule has 0 aromatic heterocycles. The molecule has 12 heteroatoms. The Labute approximate surface area is 155 Å². The summed E-state index contributed by atoms with van der Waals surface area (Å²) in [6.45, 7) is 0. The van der Waals surface area contributed by atoms with Gasteiger partial charge in [-0.2, -0.15) is 16.8 Å². The van der Waals surface area contributed by atoms with Crippen LogP contribution >= 0.6 is 0 Å². The van der Waals surface area contributed by atoms with Gasteiger partial charge in [-0.1, -0.05) is 6.07 Å². The molecule has 2 rings (SSSR count). The number of fused-ring (bicyclic) bond motifs is 1. The standard InChI is InChI=1S/C11H10N2O7S2.Na.H/c12-11(14)13-10-5-8(22(18,19)20)4-6-3-7(21(15,16)17)1-2-9(6)10;;/h1-5H,(H3,12,13,14)(H,15,16,17)(H,18,19,20);;/q;+1;-1. The molecule has 2 amide bonds. The number of nitrogens with two attached hydrogens (primary N) is 1. The first-order valence-corrected chi connectivity index (χ1v) is 8.46. The van der Waals surface area contributed by atoms with E-state index < -0.39 is 36.1 Å². The minimum atomic E-state index is -4.60. The summed E-state index contributed by atoms with van der Waals surface area (Å²) in [5, 5.41) is 2.48. The van der Waals surface area contributed by atoms with Crippen LogP contribution in [0.5, 0.6) is 0 Å². The topological polar surface area (TPSA) is 164 Å². The summed E-state index contributed by atoms with van der Waals surface area (Å²) in [6, 6.07) is 4.29. The number of benzene rings is 2. The van der Waals surface area contributed by atoms with E-state index in [1.54, 1.807) is 0 Å². The van der Waals surface area contributed by atoms with Crippen molar-refractivity contribution in [2.75, 3.05) is 5.32 Å². The molecule has 0 saturated carbocycles. The van der Waals surface area contributed by atoms with Gasteiger partial charge in [-0.15, -0.1) is 0 Å². The minimum Gasteiger partial charge on any atom is -1.00 e. The number of rotatable bonds is 3. The molecule has 0 aliphatic rings. The molecule has 0 fully saturated rings. The summed E-state index contributed by atoms with van der Waals surface area (Å²) in [5.41, 5.74) is 4.93. The predicted molar refractivity (Wildman–Crippen MR) is 77.9 cm³/mol. The van der Waals surface area contributed by atoms with Gasteiger partial charge in [0.1, 0.15) is 0 Å². The van der Waals surface area contributed by atoms with Crippen molar-refractivity contribution in [1.29, 1.82) is 0 Å². The van der Waals surface area contributed by atoms with E-state index in [0.717, 1.165) is 24.3 Å². The van der Waals surface area contributed by atoms with Gasteiger partial charge >= 0.3 is 35.6 Å². The number of anilines is 1. The van der Waals surface area contributed by atoms with Crippen molar-refractivity contribution in [1.82, 2.24) is 0 Å². The van der Waals surface area contributed by atoms with Crippen molar-refractivity contribution in [2.24, 2.45) is 5.73 Å². The Bertz CT molecular complexity index is 988. The molecule has 0 spiro atoms. The first kappa shape index (κ1) is 19.8. The van der Waals surface area contributed by atoms with Crippen LogP contribution in [0.15, 0.2) is 40.1 Å². The van der Waals surface area contributed by atoms with E-state index in [9.17, 15) is 21.6 Å². The maximum atomic E-state index is 11.2. The molecule has 23 heavy (non-hydrogen) atoms. The largest absolute Gasteiger partial charge is 1.00 e. The zero-order valence-corrected chi connectivity index (χ0v) is 15.3. The van der Waals surface area contributed by atoms with Crippen LogP contribution in [0.2, 0.25) is 0 Å². The molecule has 0 saturated heterocycles. The van der Waals surface area contributed by atoms with Crippen LogP contribution < -0.4 is 40.6 Å². The fraction of sp³-hybridized carbons (Fsp3) is 0. The Morgan fingerprint density at radius 1 is 1.00 bits per heavy atom. The summed E-state index contributed by atoms with van der Waals surface area (Å²) in [6.07, 6.45) is 0. The van der Waals surface area contributed by atoms with Crippen molar-refractivity contribution in [3.63, 3.8) is 0 Å². The molecule has 2 aromatic carbocycles. The number of primary amides is 1. The van der Waals surface area contributed by atoms with E-state index in [1.807, 2.05) is 0 Å². The second-order valence-corrected chi connectivity index (χ2v) is 7.14. The smallest absolute Gasteiger partial charge is 1.00 e. The van der Waals surface area contributed by atoms with Gasteiger partial charge in [0.25, 0.3) is 20.2 Å². The molecular weight excluding hydrogens is 359 g/mol. The van der Waals surface area contributed by atoms with Crippen LogP contribution in [-0.2, 0) is 20.2 Å². The van der Waals surface area contributed by atoms with Gasteiger partial charge in [-0.3, -0.25) is 9.11 Å². The Morgan fingerprint density at radius 2 is 1.52 bits per heavy atom. The Hall–Kier alpha value is -1.21. The van der Waals surface area contributed by atoms with Gasteiger partial charge in [0.05, 0.1) is 15.5 Å². The Balaban J connectivity index is 0.00000264. The van der Waals surface area contributed by atoms with Gasteiger partial charge in [0, 0.05) is 5.39 Å². The first-order chi connectivity index (χ1) is 9.98. The van der Waals surface area contributed by atoms with Crippen molar-refractivity contribution in [2.45, 2.75) is 9.79 Å². The van der Waals surface area contributed by atoms with Crippen molar-refractivity contribution < 1.29 is 61.7 Å². The van der Waals surface area contributed by atoms with Crippen LogP contribution in [0.25, 0.3) is 10.8 Å². The van der Waals surface area contributed by atoms with Gasteiger partial charge < -0.3 is 12.5 Å². The zero-order chi connectivity index (χ0) is 16.7. The van der Waals surface area contributed by atoms with Gasteiger partial charge in [0.2, 0.25) is 0 Å². The Kier molecular flexibility index (Phi) is 5.80. The normalized spacial score (nSPS) is 11.7. The number of nitrogens with one attached hydrogen (secondary N) is 1. The molecule has 0 heterocycles. The van der Waals surface area contributed by atoms with Crippen LogP contribution in [0.4, 0.5) is 10.5 Å².